The first-order chi connectivity index (χ1) is 5.95. The molecule has 0 spiro atoms. The van der Waals surface area contributed by atoms with Crippen molar-refractivity contribution >= 4 is 37.7 Å². The largest absolute Gasteiger partial charge is 0.280 e. The van der Waals surface area contributed by atoms with Gasteiger partial charge in [-0.15, -0.1) is 0 Å². The quantitative estimate of drug-likeness (QED) is 0.715. The van der Waals surface area contributed by atoms with Crippen molar-refractivity contribution in [2.24, 2.45) is 11.8 Å². The number of carbonyl (C=O) groups excluding carboxylic acids is 2. The molecule has 0 bridgehead atoms. The van der Waals surface area contributed by atoms with E-state index < -0.39 is 0 Å². The summed E-state index contributed by atoms with van der Waals surface area (Å²) >= 11 is 0. The van der Waals surface area contributed by atoms with Crippen LogP contribution in [0.25, 0.3) is 0 Å². The normalized spacial score (nSPS) is 22.1. The van der Waals surface area contributed by atoms with E-state index >= 15 is 0 Å². The summed E-state index contributed by atoms with van der Waals surface area (Å²) in [5.74, 6) is 0.170. The van der Waals surface area contributed by atoms with Crippen LogP contribution in [0.1, 0.15) is 34.1 Å². The van der Waals surface area contributed by atoms with Gasteiger partial charge in [-0.25, -0.2) is 0 Å². The van der Waals surface area contributed by atoms with E-state index in [-0.39, 0.29) is 55.5 Å². The maximum absolute atomic E-state index is 11.7. The van der Waals surface area contributed by atoms with Gasteiger partial charge >= 0.3 is 0 Å². The Morgan fingerprint density at radius 2 is 1.71 bits per heavy atom. The van der Waals surface area contributed by atoms with Crippen molar-refractivity contribution in [2.75, 3.05) is 0 Å². The molecular weight excluding hydrogens is 281 g/mol. The number of hydrogen-bond acceptors (Lipinski definition) is 2. The minimum Gasteiger partial charge on any atom is -0.280 e. The third-order valence-corrected chi connectivity index (χ3v) is 2.54. The molecule has 1 saturated heterocycles. The van der Waals surface area contributed by atoms with E-state index in [1.807, 2.05) is 27.7 Å². The van der Waals surface area contributed by atoms with Gasteiger partial charge in [0.05, 0.1) is 0 Å². The molecule has 1 fully saturated rings. The molecule has 0 aliphatic carbocycles. The van der Waals surface area contributed by atoms with Crippen LogP contribution >= 0.6 is 0 Å². The fraction of sp³-hybridized carbons (Fsp3) is 0.800. The van der Waals surface area contributed by atoms with Crippen molar-refractivity contribution in [1.29, 1.82) is 0 Å². The van der Waals surface area contributed by atoms with Crippen molar-refractivity contribution in [2.45, 2.75) is 40.2 Å². The van der Waals surface area contributed by atoms with Crippen LogP contribution in [-0.2, 0) is 9.59 Å². The van der Waals surface area contributed by atoms with Gasteiger partial charge in [0.2, 0.25) is 11.8 Å². The van der Waals surface area contributed by atoms with Crippen LogP contribution < -0.4 is 0 Å². The molecule has 77 valence electrons. The van der Waals surface area contributed by atoms with E-state index in [1.54, 1.807) is 0 Å². The number of imide groups is 1. The molecule has 0 N–H and O–H groups in total. The average Bonchev–Trinajstić information content (AvgIpc) is 2.26. The second-order valence-corrected chi connectivity index (χ2v) is 4.25. The van der Waals surface area contributed by atoms with Crippen molar-refractivity contribution in [3.05, 3.63) is 0 Å². The van der Waals surface area contributed by atoms with E-state index in [9.17, 15) is 9.59 Å². The van der Waals surface area contributed by atoms with Gasteiger partial charge in [-0.2, -0.15) is 0 Å². The number of likely N-dealkylation sites (tertiary alicyclic amines) is 1. The Labute approximate surface area is 104 Å². The minimum atomic E-state index is -0.0881. The van der Waals surface area contributed by atoms with Crippen molar-refractivity contribution < 1.29 is 9.59 Å². The SMILES string of the molecule is CC(C)C1CC(=O)N(C(C)C)C1=O.[In]. The maximum Gasteiger partial charge on any atom is 0.233 e. The predicted molar refractivity (Wildman–Crippen MR) is 55.7 cm³/mol. The van der Waals surface area contributed by atoms with Gasteiger partial charge in [0.25, 0.3) is 0 Å². The van der Waals surface area contributed by atoms with E-state index in [0.717, 1.165) is 0 Å². The van der Waals surface area contributed by atoms with Crippen LogP contribution in [0.3, 0.4) is 0 Å². The van der Waals surface area contributed by atoms with Crippen LogP contribution in [0.4, 0.5) is 0 Å². The second-order valence-electron chi connectivity index (χ2n) is 4.25. The molecule has 2 amide bonds. The Bertz CT molecular complexity index is 238. The van der Waals surface area contributed by atoms with Crippen molar-refractivity contribution in [3.8, 4) is 0 Å². The summed E-state index contributed by atoms with van der Waals surface area (Å²) in [4.78, 5) is 24.5. The van der Waals surface area contributed by atoms with E-state index in [0.29, 0.717) is 6.42 Å². The van der Waals surface area contributed by atoms with E-state index in [4.69, 9.17) is 0 Å². The molecule has 1 rings (SSSR count). The Morgan fingerprint density at radius 1 is 1.21 bits per heavy atom. The summed E-state index contributed by atoms with van der Waals surface area (Å²) in [6.07, 6.45) is 0.397. The number of rotatable bonds is 2. The molecular formula is C10H17InNO2. The first kappa shape index (κ1) is 14.0. The van der Waals surface area contributed by atoms with E-state index in [2.05, 4.69) is 0 Å². The van der Waals surface area contributed by atoms with Crippen LogP contribution in [0.5, 0.6) is 0 Å². The Morgan fingerprint density at radius 3 is 1.93 bits per heavy atom. The molecule has 1 atom stereocenters. The van der Waals surface area contributed by atoms with Gasteiger partial charge in [-0.1, -0.05) is 13.8 Å². The number of carbonyl (C=O) groups is 2. The van der Waals surface area contributed by atoms with Crippen LogP contribution in [-0.4, -0.2) is 48.6 Å². The standard InChI is InChI=1S/C10H17NO2.In/c1-6(2)8-5-9(12)11(7(3)4)10(8)13;/h6-8H,5H2,1-4H3;. The van der Waals surface area contributed by atoms with Gasteiger partial charge < -0.3 is 0 Å². The van der Waals surface area contributed by atoms with E-state index in [1.165, 1.54) is 4.90 Å². The third-order valence-electron chi connectivity index (χ3n) is 2.54. The molecule has 3 nitrogen and oxygen atoms in total. The zero-order valence-electron chi connectivity index (χ0n) is 9.28. The van der Waals surface area contributed by atoms with Gasteiger partial charge in [0.15, 0.2) is 0 Å². The van der Waals surface area contributed by atoms with Gasteiger partial charge in [-0.3, -0.25) is 14.5 Å². The topological polar surface area (TPSA) is 37.4 Å². The molecule has 1 aliphatic heterocycles. The Hall–Kier alpha value is 0.0101. The number of amides is 2. The number of nitrogens with zero attached hydrogens (tertiary/aromatic N) is 1. The Balaban J connectivity index is 0.00000169. The zero-order valence-corrected chi connectivity index (χ0v) is 12.6. The van der Waals surface area contributed by atoms with Crippen LogP contribution in [0.15, 0.2) is 0 Å². The second kappa shape index (κ2) is 5.19. The molecule has 1 unspecified atom stereocenters. The number of hydrogen-bond donors (Lipinski definition) is 0. The summed E-state index contributed by atoms with van der Waals surface area (Å²) in [6, 6.07) is 0.00347. The fourth-order valence-corrected chi connectivity index (χ4v) is 1.74. The summed E-state index contributed by atoms with van der Waals surface area (Å²) in [6.45, 7) is 7.72. The van der Waals surface area contributed by atoms with Gasteiger partial charge in [0, 0.05) is 44.2 Å². The molecule has 0 aromatic rings. The first-order valence-electron chi connectivity index (χ1n) is 4.81. The van der Waals surface area contributed by atoms with Crippen molar-refractivity contribution in [3.63, 3.8) is 0 Å². The fourth-order valence-electron chi connectivity index (χ4n) is 1.74. The predicted octanol–water partition coefficient (Wildman–Crippen LogP) is 1.05. The summed E-state index contributed by atoms with van der Waals surface area (Å²) < 4.78 is 0. The summed E-state index contributed by atoms with van der Waals surface area (Å²) in [5.41, 5.74) is 0. The van der Waals surface area contributed by atoms with Crippen LogP contribution in [0, 0.1) is 11.8 Å². The zero-order chi connectivity index (χ0) is 10.2. The maximum atomic E-state index is 11.7. The summed E-state index contributed by atoms with van der Waals surface area (Å²) in [5, 5.41) is 0. The Kier molecular flexibility index (Phi) is 5.20. The van der Waals surface area contributed by atoms with Crippen molar-refractivity contribution in [1.82, 2.24) is 4.90 Å². The average molecular weight is 298 g/mol. The minimum absolute atomic E-state index is 0. The van der Waals surface area contributed by atoms with Gasteiger partial charge in [-0.05, 0) is 19.8 Å². The molecule has 0 aromatic heterocycles. The van der Waals surface area contributed by atoms with Crippen LogP contribution in [0.2, 0.25) is 0 Å². The molecule has 4 heteroatoms. The molecule has 14 heavy (non-hydrogen) atoms. The first-order valence-corrected chi connectivity index (χ1v) is 4.81. The monoisotopic (exact) mass is 298 g/mol. The molecule has 1 aliphatic rings. The molecule has 0 aromatic carbocycles. The third kappa shape index (κ3) is 2.53. The molecule has 1 heterocycles. The smallest absolute Gasteiger partial charge is 0.233 e. The molecule has 0 saturated carbocycles. The van der Waals surface area contributed by atoms with Gasteiger partial charge in [0.1, 0.15) is 0 Å². The summed E-state index contributed by atoms with van der Waals surface area (Å²) in [7, 11) is 0. The molecule has 3 radical (unpaired) electrons.